The molecule has 134 valence electrons. The summed E-state index contributed by atoms with van der Waals surface area (Å²) < 4.78 is 5.34. The molecule has 0 aromatic heterocycles. The lowest BCUT2D eigenvalue weighted by atomic mass is 9.61. The lowest BCUT2D eigenvalue weighted by Crippen LogP contribution is -2.50. The maximum Gasteiger partial charge on any atom is 0.315 e. The zero-order valence-electron chi connectivity index (χ0n) is 14.1. The molecule has 1 saturated heterocycles. The van der Waals surface area contributed by atoms with Crippen LogP contribution in [0.2, 0.25) is 0 Å². The van der Waals surface area contributed by atoms with Gasteiger partial charge in [-0.25, -0.2) is 0 Å². The zero-order valence-corrected chi connectivity index (χ0v) is 14.1. The number of hydrogen-bond acceptors (Lipinski definition) is 5. The molecule has 6 heteroatoms. The van der Waals surface area contributed by atoms with Crippen LogP contribution in [0.15, 0.2) is 23.8 Å². The smallest absolute Gasteiger partial charge is 0.315 e. The number of esters is 1. The van der Waals surface area contributed by atoms with E-state index in [0.717, 1.165) is 5.57 Å². The van der Waals surface area contributed by atoms with E-state index in [1.165, 1.54) is 0 Å². The summed E-state index contributed by atoms with van der Waals surface area (Å²) in [6.45, 7) is 5.66. The number of aliphatic carboxylic acids is 1. The first kappa shape index (κ1) is 15.6. The minimum absolute atomic E-state index is 0.0121. The van der Waals surface area contributed by atoms with Crippen molar-refractivity contribution in [3.05, 3.63) is 23.8 Å². The summed E-state index contributed by atoms with van der Waals surface area (Å²) >= 11 is 0. The third-order valence-electron chi connectivity index (χ3n) is 7.95. The first-order valence-corrected chi connectivity index (χ1v) is 8.89. The predicted molar refractivity (Wildman–Crippen MR) is 85.2 cm³/mol. The van der Waals surface area contributed by atoms with E-state index in [-0.39, 0.29) is 5.92 Å². The SMILES string of the molecule is C=C1C[C@]23CC1(O)CC[C@H]2C1=C[C@@H]2OC(=O)[C@@](C)([C@H]1[C@@H]3C(=O)O)[C@H]2O. The number of carboxylic acid groups (broad SMARTS) is 1. The second-order valence-electron chi connectivity index (χ2n) is 8.87. The fourth-order valence-electron chi connectivity index (χ4n) is 6.86. The van der Waals surface area contributed by atoms with Crippen LogP contribution in [-0.4, -0.2) is 45.1 Å². The molecule has 6 nitrogen and oxygen atoms in total. The van der Waals surface area contributed by atoms with Crippen molar-refractivity contribution >= 4 is 11.9 Å². The number of fused-ring (bicyclic) bond motifs is 6. The summed E-state index contributed by atoms with van der Waals surface area (Å²) in [6, 6.07) is 0. The Morgan fingerprint density at radius 1 is 1.44 bits per heavy atom. The van der Waals surface area contributed by atoms with Gasteiger partial charge in [-0.3, -0.25) is 9.59 Å². The minimum Gasteiger partial charge on any atom is -0.481 e. The third kappa shape index (κ3) is 1.47. The van der Waals surface area contributed by atoms with Crippen molar-refractivity contribution < 1.29 is 29.6 Å². The van der Waals surface area contributed by atoms with Crippen LogP contribution in [0.25, 0.3) is 0 Å². The standard InChI is InChI=1S/C19H22O6/c1-8-6-18-7-19(8,24)4-3-10(18)9-5-11-14(20)17(2,16(23)25-11)12(9)13(18)15(21)22/h5,10-14,20,24H,1,3-4,6-7H2,2H3,(H,21,22)/t10-,11-,12+,13+,14-,17-,18-,19?/m0/s1. The van der Waals surface area contributed by atoms with E-state index in [0.29, 0.717) is 31.3 Å². The Bertz CT molecular complexity index is 770. The van der Waals surface area contributed by atoms with Gasteiger partial charge in [0.15, 0.2) is 0 Å². The lowest BCUT2D eigenvalue weighted by molar-refractivity contribution is -0.157. The molecule has 1 heterocycles. The van der Waals surface area contributed by atoms with Crippen molar-refractivity contribution in [2.24, 2.45) is 28.6 Å². The second kappa shape index (κ2) is 4.18. The van der Waals surface area contributed by atoms with Crippen molar-refractivity contribution in [1.82, 2.24) is 0 Å². The molecule has 3 N–H and O–H groups in total. The Hall–Kier alpha value is -1.66. The first-order chi connectivity index (χ1) is 11.6. The van der Waals surface area contributed by atoms with Crippen LogP contribution in [0.4, 0.5) is 0 Å². The van der Waals surface area contributed by atoms with Gasteiger partial charge in [0.1, 0.15) is 17.6 Å². The third-order valence-corrected chi connectivity index (χ3v) is 7.95. The van der Waals surface area contributed by atoms with Gasteiger partial charge in [0.05, 0.1) is 11.5 Å². The summed E-state index contributed by atoms with van der Waals surface area (Å²) in [5, 5.41) is 31.7. The van der Waals surface area contributed by atoms with Crippen LogP contribution in [-0.2, 0) is 14.3 Å². The summed E-state index contributed by atoms with van der Waals surface area (Å²) in [5.41, 5.74) is -1.23. The number of rotatable bonds is 1. The molecule has 1 spiro atoms. The topological polar surface area (TPSA) is 104 Å². The number of carboxylic acids is 1. The van der Waals surface area contributed by atoms with Crippen molar-refractivity contribution in [1.29, 1.82) is 0 Å². The summed E-state index contributed by atoms with van der Waals surface area (Å²) in [5.74, 6) is -2.92. The monoisotopic (exact) mass is 346 g/mol. The number of hydrogen-bond donors (Lipinski definition) is 3. The van der Waals surface area contributed by atoms with Gasteiger partial charge in [-0.1, -0.05) is 12.2 Å². The van der Waals surface area contributed by atoms with Gasteiger partial charge in [-0.05, 0) is 55.6 Å². The average molecular weight is 346 g/mol. The lowest BCUT2D eigenvalue weighted by Gasteiger charge is -2.41. The normalized spacial score (nSPS) is 55.5. The quantitative estimate of drug-likeness (QED) is 0.484. The summed E-state index contributed by atoms with van der Waals surface area (Å²) in [4.78, 5) is 24.9. The van der Waals surface area contributed by atoms with Gasteiger partial charge in [0.25, 0.3) is 0 Å². The van der Waals surface area contributed by atoms with Crippen molar-refractivity contribution in [2.45, 2.75) is 50.4 Å². The van der Waals surface area contributed by atoms with Crippen LogP contribution < -0.4 is 0 Å². The summed E-state index contributed by atoms with van der Waals surface area (Å²) in [6.07, 6.45) is 2.14. The number of carbonyl (C=O) groups is 2. The summed E-state index contributed by atoms with van der Waals surface area (Å²) in [7, 11) is 0. The predicted octanol–water partition coefficient (Wildman–Crippen LogP) is 1.03. The van der Waals surface area contributed by atoms with E-state index in [4.69, 9.17) is 4.74 Å². The molecule has 0 radical (unpaired) electrons. The Balaban J connectivity index is 1.75. The van der Waals surface area contributed by atoms with Gasteiger partial charge >= 0.3 is 11.9 Å². The molecule has 5 rings (SSSR count). The Labute approximate surface area is 145 Å². The highest BCUT2D eigenvalue weighted by Gasteiger charge is 2.75. The molecule has 3 saturated carbocycles. The van der Waals surface area contributed by atoms with Gasteiger partial charge in [0, 0.05) is 5.92 Å². The molecule has 0 aromatic carbocycles. The largest absolute Gasteiger partial charge is 0.481 e. The Morgan fingerprint density at radius 2 is 2.16 bits per heavy atom. The number of ether oxygens (including phenoxy) is 1. The van der Waals surface area contributed by atoms with Gasteiger partial charge in [-0.15, -0.1) is 0 Å². The van der Waals surface area contributed by atoms with Gasteiger partial charge < -0.3 is 20.1 Å². The number of aliphatic hydroxyl groups excluding tert-OH is 1. The average Bonchev–Trinajstić information content (AvgIpc) is 2.96. The second-order valence-corrected chi connectivity index (χ2v) is 8.87. The molecule has 4 fully saturated rings. The van der Waals surface area contributed by atoms with Crippen LogP contribution in [0.5, 0.6) is 0 Å². The molecule has 0 amide bonds. The highest BCUT2D eigenvalue weighted by molar-refractivity contribution is 5.85. The first-order valence-electron chi connectivity index (χ1n) is 8.89. The van der Waals surface area contributed by atoms with Gasteiger partial charge in [0.2, 0.25) is 0 Å². The van der Waals surface area contributed by atoms with E-state index in [1.54, 1.807) is 13.0 Å². The maximum atomic E-state index is 12.6. The van der Waals surface area contributed by atoms with Crippen LogP contribution >= 0.6 is 0 Å². The minimum atomic E-state index is -1.24. The molecule has 5 aliphatic rings. The van der Waals surface area contributed by atoms with Crippen molar-refractivity contribution in [2.75, 3.05) is 0 Å². The fraction of sp³-hybridized carbons (Fsp3) is 0.684. The molecular weight excluding hydrogens is 324 g/mol. The van der Waals surface area contributed by atoms with E-state index in [2.05, 4.69) is 6.58 Å². The zero-order chi connectivity index (χ0) is 17.9. The number of carbonyl (C=O) groups excluding carboxylic acids is 1. The highest BCUT2D eigenvalue weighted by atomic mass is 16.6. The van der Waals surface area contributed by atoms with Crippen LogP contribution in [0.1, 0.15) is 32.6 Å². The van der Waals surface area contributed by atoms with E-state index in [1.807, 2.05) is 0 Å². The molecule has 4 bridgehead atoms. The molecule has 25 heavy (non-hydrogen) atoms. The molecule has 0 aromatic rings. The molecule has 1 aliphatic heterocycles. The molecular formula is C19H22O6. The Kier molecular flexibility index (Phi) is 2.60. The fourth-order valence-corrected chi connectivity index (χ4v) is 6.86. The van der Waals surface area contributed by atoms with Crippen molar-refractivity contribution in [3.63, 3.8) is 0 Å². The maximum absolute atomic E-state index is 12.6. The Morgan fingerprint density at radius 3 is 2.84 bits per heavy atom. The van der Waals surface area contributed by atoms with E-state index >= 15 is 0 Å². The molecule has 1 unspecified atom stereocenters. The number of allylic oxidation sites excluding steroid dienone is 1. The van der Waals surface area contributed by atoms with Crippen LogP contribution in [0.3, 0.4) is 0 Å². The van der Waals surface area contributed by atoms with Crippen molar-refractivity contribution in [3.8, 4) is 0 Å². The molecule has 8 atom stereocenters. The van der Waals surface area contributed by atoms with E-state index in [9.17, 15) is 24.9 Å². The van der Waals surface area contributed by atoms with Crippen LogP contribution in [0, 0.1) is 28.6 Å². The molecule has 4 aliphatic carbocycles. The highest BCUT2D eigenvalue weighted by Crippen LogP contribution is 2.74. The number of aliphatic hydroxyl groups is 2. The van der Waals surface area contributed by atoms with Gasteiger partial charge in [-0.2, -0.15) is 0 Å². The van der Waals surface area contributed by atoms with E-state index < -0.39 is 52.4 Å².